The Morgan fingerprint density at radius 1 is 1.26 bits per heavy atom. The standard InChI is InChI=1S/C15H12N4O4/c1-19-13(15(21)22)11(8-16-19)17-14(20)10-7-12(23-18-10)9-5-3-2-4-6-9/h2-8H,1H3,(H,17,20)(H,21,22). The van der Waals surface area contributed by atoms with Crippen molar-refractivity contribution in [1.82, 2.24) is 14.9 Å². The van der Waals surface area contributed by atoms with Crippen molar-refractivity contribution in [2.45, 2.75) is 0 Å². The Bertz CT molecular complexity index is 867. The van der Waals surface area contributed by atoms with Gasteiger partial charge in [-0.05, 0) is 0 Å². The highest BCUT2D eigenvalue weighted by atomic mass is 16.5. The number of carboxylic acid groups (broad SMARTS) is 1. The molecule has 2 heterocycles. The lowest BCUT2D eigenvalue weighted by Gasteiger charge is -2.02. The molecule has 3 rings (SSSR count). The lowest BCUT2D eigenvalue weighted by Crippen LogP contribution is -2.15. The summed E-state index contributed by atoms with van der Waals surface area (Å²) in [4.78, 5) is 23.3. The predicted octanol–water partition coefficient (Wildman–Crippen LogP) is 2.03. The Labute approximate surface area is 130 Å². The molecule has 0 unspecified atom stereocenters. The van der Waals surface area contributed by atoms with Crippen LogP contribution in [0.25, 0.3) is 11.3 Å². The molecule has 0 aliphatic rings. The molecule has 0 aliphatic carbocycles. The number of anilines is 1. The van der Waals surface area contributed by atoms with Crippen molar-refractivity contribution < 1.29 is 19.2 Å². The van der Waals surface area contributed by atoms with Gasteiger partial charge in [-0.2, -0.15) is 5.10 Å². The fourth-order valence-electron chi connectivity index (χ4n) is 2.09. The molecule has 1 aromatic carbocycles. The number of hydrogen-bond acceptors (Lipinski definition) is 5. The maximum atomic E-state index is 12.2. The van der Waals surface area contributed by atoms with Crippen molar-refractivity contribution >= 4 is 17.6 Å². The summed E-state index contributed by atoms with van der Waals surface area (Å²) in [6.45, 7) is 0. The van der Waals surface area contributed by atoms with Crippen LogP contribution >= 0.6 is 0 Å². The molecule has 0 radical (unpaired) electrons. The number of aryl methyl sites for hydroxylation is 1. The van der Waals surface area contributed by atoms with Crippen molar-refractivity contribution in [3.05, 3.63) is 54.0 Å². The highest BCUT2D eigenvalue weighted by molar-refractivity contribution is 6.06. The molecule has 0 bridgehead atoms. The normalized spacial score (nSPS) is 10.5. The van der Waals surface area contributed by atoms with Gasteiger partial charge in [-0.3, -0.25) is 9.48 Å². The molecule has 3 aromatic rings. The average Bonchev–Trinajstić information content (AvgIpc) is 3.15. The first kappa shape index (κ1) is 14.5. The molecular weight excluding hydrogens is 300 g/mol. The summed E-state index contributed by atoms with van der Waals surface area (Å²) >= 11 is 0. The number of benzene rings is 1. The Morgan fingerprint density at radius 3 is 2.70 bits per heavy atom. The van der Waals surface area contributed by atoms with E-state index < -0.39 is 11.9 Å². The van der Waals surface area contributed by atoms with Crippen LogP contribution in [-0.2, 0) is 7.05 Å². The minimum atomic E-state index is -1.19. The number of nitrogens with zero attached hydrogens (tertiary/aromatic N) is 3. The third-order valence-corrected chi connectivity index (χ3v) is 3.19. The number of carbonyl (C=O) groups excluding carboxylic acids is 1. The van der Waals surface area contributed by atoms with Crippen LogP contribution in [0.2, 0.25) is 0 Å². The monoisotopic (exact) mass is 312 g/mol. The molecule has 8 nitrogen and oxygen atoms in total. The molecule has 0 saturated carbocycles. The smallest absolute Gasteiger partial charge is 0.356 e. The molecule has 2 aromatic heterocycles. The van der Waals surface area contributed by atoms with Gasteiger partial charge < -0.3 is 14.9 Å². The zero-order chi connectivity index (χ0) is 16.4. The Kier molecular flexibility index (Phi) is 3.63. The van der Waals surface area contributed by atoms with Gasteiger partial charge in [0.1, 0.15) is 0 Å². The summed E-state index contributed by atoms with van der Waals surface area (Å²) in [5, 5.41) is 19.1. The van der Waals surface area contributed by atoms with Gasteiger partial charge >= 0.3 is 5.97 Å². The van der Waals surface area contributed by atoms with Crippen LogP contribution in [0.4, 0.5) is 5.69 Å². The van der Waals surface area contributed by atoms with Crippen molar-refractivity contribution in [1.29, 1.82) is 0 Å². The molecule has 0 saturated heterocycles. The second-order valence-electron chi connectivity index (χ2n) is 4.73. The Balaban J connectivity index is 1.83. The summed E-state index contributed by atoms with van der Waals surface area (Å²) in [6.07, 6.45) is 1.26. The van der Waals surface area contributed by atoms with E-state index in [0.29, 0.717) is 5.76 Å². The van der Waals surface area contributed by atoms with Crippen LogP contribution in [0.5, 0.6) is 0 Å². The minimum absolute atomic E-state index is 0.0454. The van der Waals surface area contributed by atoms with E-state index in [1.54, 1.807) is 0 Å². The summed E-state index contributed by atoms with van der Waals surface area (Å²) in [5.41, 5.74) is 0.801. The summed E-state index contributed by atoms with van der Waals surface area (Å²) in [6, 6.07) is 10.7. The second kappa shape index (κ2) is 5.76. The molecule has 2 N–H and O–H groups in total. The molecule has 0 fully saturated rings. The van der Waals surface area contributed by atoms with Crippen molar-refractivity contribution in [2.75, 3.05) is 5.32 Å². The van der Waals surface area contributed by atoms with Crippen LogP contribution in [0.15, 0.2) is 47.1 Å². The van der Waals surface area contributed by atoms with Gasteiger partial charge in [0.15, 0.2) is 17.1 Å². The van der Waals surface area contributed by atoms with Crippen LogP contribution < -0.4 is 5.32 Å². The number of carbonyl (C=O) groups is 2. The number of nitrogens with one attached hydrogen (secondary N) is 1. The molecule has 116 valence electrons. The first-order chi connectivity index (χ1) is 11.1. The average molecular weight is 312 g/mol. The van der Waals surface area contributed by atoms with Gasteiger partial charge in [-0.1, -0.05) is 35.5 Å². The quantitative estimate of drug-likeness (QED) is 0.762. The van der Waals surface area contributed by atoms with Crippen LogP contribution in [0.1, 0.15) is 21.0 Å². The number of aromatic nitrogens is 3. The van der Waals surface area contributed by atoms with Crippen LogP contribution in [0.3, 0.4) is 0 Å². The van der Waals surface area contributed by atoms with Gasteiger partial charge in [-0.15, -0.1) is 0 Å². The number of carboxylic acids is 1. The van der Waals surface area contributed by atoms with Crippen LogP contribution in [-0.4, -0.2) is 31.9 Å². The molecule has 0 atom stereocenters. The molecule has 0 spiro atoms. The fraction of sp³-hybridized carbons (Fsp3) is 0.0667. The van der Waals surface area contributed by atoms with E-state index in [-0.39, 0.29) is 17.1 Å². The van der Waals surface area contributed by atoms with E-state index in [1.807, 2.05) is 30.3 Å². The maximum Gasteiger partial charge on any atom is 0.356 e. The van der Waals surface area contributed by atoms with Gasteiger partial charge in [0.05, 0.1) is 11.9 Å². The van der Waals surface area contributed by atoms with Gasteiger partial charge in [-0.25, -0.2) is 4.79 Å². The number of aromatic carboxylic acids is 1. The fourth-order valence-corrected chi connectivity index (χ4v) is 2.09. The third kappa shape index (κ3) is 2.82. The van der Waals surface area contributed by atoms with E-state index in [2.05, 4.69) is 15.6 Å². The second-order valence-corrected chi connectivity index (χ2v) is 4.73. The van der Waals surface area contributed by atoms with Crippen molar-refractivity contribution in [3.8, 4) is 11.3 Å². The van der Waals surface area contributed by atoms with E-state index in [9.17, 15) is 9.59 Å². The minimum Gasteiger partial charge on any atom is -0.476 e. The highest BCUT2D eigenvalue weighted by Crippen LogP contribution is 2.21. The molecule has 0 aliphatic heterocycles. The molecule has 23 heavy (non-hydrogen) atoms. The topological polar surface area (TPSA) is 110 Å². The number of hydrogen-bond donors (Lipinski definition) is 2. The van der Waals surface area contributed by atoms with E-state index >= 15 is 0 Å². The van der Waals surface area contributed by atoms with Crippen LogP contribution in [0, 0.1) is 0 Å². The highest BCUT2D eigenvalue weighted by Gasteiger charge is 2.20. The largest absolute Gasteiger partial charge is 0.476 e. The van der Waals surface area contributed by atoms with E-state index in [1.165, 1.54) is 19.3 Å². The number of rotatable bonds is 4. The molecule has 1 amide bonds. The zero-order valence-electron chi connectivity index (χ0n) is 12.1. The van der Waals surface area contributed by atoms with Crippen molar-refractivity contribution in [2.24, 2.45) is 7.05 Å². The lowest BCUT2D eigenvalue weighted by atomic mass is 10.1. The Hall–Kier alpha value is -3.42. The summed E-state index contributed by atoms with van der Waals surface area (Å²) < 4.78 is 6.31. The van der Waals surface area contributed by atoms with Gasteiger partial charge in [0.25, 0.3) is 5.91 Å². The SMILES string of the molecule is Cn1ncc(NC(=O)c2cc(-c3ccccc3)on2)c1C(=O)O. The summed E-state index contributed by atoms with van der Waals surface area (Å²) in [5.74, 6) is -1.32. The first-order valence-electron chi connectivity index (χ1n) is 6.65. The molecular formula is C15H12N4O4. The maximum absolute atomic E-state index is 12.2. The first-order valence-corrected chi connectivity index (χ1v) is 6.65. The lowest BCUT2D eigenvalue weighted by molar-refractivity contribution is 0.0686. The molecule has 8 heteroatoms. The number of amides is 1. The predicted molar refractivity (Wildman–Crippen MR) is 80.1 cm³/mol. The van der Waals surface area contributed by atoms with E-state index in [0.717, 1.165) is 10.2 Å². The van der Waals surface area contributed by atoms with Crippen molar-refractivity contribution in [3.63, 3.8) is 0 Å². The van der Waals surface area contributed by atoms with E-state index in [4.69, 9.17) is 9.63 Å². The van der Waals surface area contributed by atoms with Gasteiger partial charge in [0.2, 0.25) is 0 Å². The summed E-state index contributed by atoms with van der Waals surface area (Å²) in [7, 11) is 1.47. The Morgan fingerprint density at radius 2 is 2.00 bits per heavy atom. The third-order valence-electron chi connectivity index (χ3n) is 3.19. The zero-order valence-corrected chi connectivity index (χ0v) is 12.1. The van der Waals surface area contributed by atoms with Gasteiger partial charge in [0, 0.05) is 18.7 Å².